The predicted molar refractivity (Wildman–Crippen MR) is 55.0 cm³/mol. The molecule has 1 fully saturated rings. The maximum Gasteiger partial charge on any atom is 0.303 e. The van der Waals surface area contributed by atoms with E-state index in [-0.39, 0.29) is 0 Å². The van der Waals surface area contributed by atoms with Crippen LogP contribution in [0.3, 0.4) is 0 Å². The Labute approximate surface area is 85.0 Å². The first-order chi connectivity index (χ1) is 6.70. The summed E-state index contributed by atoms with van der Waals surface area (Å²) in [7, 11) is 0. The number of hydrogen-bond acceptors (Lipinski definition) is 1. The molecular weight excluding hydrogens is 176 g/mol. The van der Waals surface area contributed by atoms with Crippen LogP contribution in [-0.2, 0) is 4.79 Å². The third kappa shape index (κ3) is 1.99. The summed E-state index contributed by atoms with van der Waals surface area (Å²) >= 11 is 0. The van der Waals surface area contributed by atoms with Crippen molar-refractivity contribution in [3.8, 4) is 0 Å². The highest BCUT2D eigenvalue weighted by molar-refractivity contribution is 5.67. The van der Waals surface area contributed by atoms with E-state index in [1.54, 1.807) is 0 Å². The molecule has 0 radical (unpaired) electrons. The van der Waals surface area contributed by atoms with Crippen LogP contribution < -0.4 is 0 Å². The van der Waals surface area contributed by atoms with Crippen molar-refractivity contribution in [1.82, 2.24) is 0 Å². The molecule has 2 heteroatoms. The third-order valence-electron chi connectivity index (χ3n) is 3.68. The molecule has 2 aliphatic rings. The summed E-state index contributed by atoms with van der Waals surface area (Å²) in [5.74, 6) is -0.363. The number of carbonyl (C=O) groups is 1. The molecule has 0 aromatic rings. The fraction of sp³-hybridized carbons (Fsp3) is 0.750. The highest BCUT2D eigenvalue weighted by Crippen LogP contribution is 2.47. The van der Waals surface area contributed by atoms with Crippen LogP contribution in [0.5, 0.6) is 0 Å². The standard InChI is InChI=1S/C12H18O2/c13-11(14)8-10-4-7-12(9-10)5-2-1-3-6-12/h4,7,10H,1-3,5-6,8-9H2,(H,13,14). The van der Waals surface area contributed by atoms with Gasteiger partial charge >= 0.3 is 5.97 Å². The fourth-order valence-electron chi connectivity index (χ4n) is 2.99. The van der Waals surface area contributed by atoms with E-state index in [4.69, 9.17) is 5.11 Å². The normalized spacial score (nSPS) is 29.6. The van der Waals surface area contributed by atoms with E-state index >= 15 is 0 Å². The van der Waals surface area contributed by atoms with Crippen LogP contribution in [0, 0.1) is 11.3 Å². The van der Waals surface area contributed by atoms with Gasteiger partial charge in [-0.3, -0.25) is 4.79 Å². The molecule has 14 heavy (non-hydrogen) atoms. The van der Waals surface area contributed by atoms with Crippen LogP contribution in [0.25, 0.3) is 0 Å². The van der Waals surface area contributed by atoms with Crippen molar-refractivity contribution in [3.05, 3.63) is 12.2 Å². The lowest BCUT2D eigenvalue weighted by molar-refractivity contribution is -0.137. The minimum atomic E-state index is -0.660. The van der Waals surface area contributed by atoms with Crippen LogP contribution >= 0.6 is 0 Å². The maximum absolute atomic E-state index is 10.6. The zero-order valence-electron chi connectivity index (χ0n) is 8.54. The van der Waals surface area contributed by atoms with Crippen molar-refractivity contribution in [2.75, 3.05) is 0 Å². The molecule has 2 nitrogen and oxygen atoms in total. The molecule has 0 aromatic heterocycles. The fourth-order valence-corrected chi connectivity index (χ4v) is 2.99. The first kappa shape index (κ1) is 9.75. The molecular formula is C12H18O2. The van der Waals surface area contributed by atoms with Crippen molar-refractivity contribution in [2.24, 2.45) is 11.3 Å². The van der Waals surface area contributed by atoms with Gasteiger partial charge in [-0.15, -0.1) is 0 Å². The van der Waals surface area contributed by atoms with Crippen LogP contribution in [-0.4, -0.2) is 11.1 Å². The first-order valence-corrected chi connectivity index (χ1v) is 5.61. The molecule has 2 aliphatic carbocycles. The summed E-state index contributed by atoms with van der Waals surface area (Å²) in [6.45, 7) is 0. The summed E-state index contributed by atoms with van der Waals surface area (Å²) in [4.78, 5) is 10.6. The van der Waals surface area contributed by atoms with Gasteiger partial charge in [0.1, 0.15) is 0 Å². The lowest BCUT2D eigenvalue weighted by Gasteiger charge is -2.32. The molecule has 1 spiro atoms. The van der Waals surface area contributed by atoms with Gasteiger partial charge in [-0.05, 0) is 30.6 Å². The smallest absolute Gasteiger partial charge is 0.303 e. The SMILES string of the molecule is O=C(O)CC1C=CC2(CCCCC2)C1. The Kier molecular flexibility index (Phi) is 2.62. The topological polar surface area (TPSA) is 37.3 Å². The van der Waals surface area contributed by atoms with Crippen LogP contribution in [0.2, 0.25) is 0 Å². The molecule has 0 aromatic carbocycles. The Morgan fingerprint density at radius 1 is 1.36 bits per heavy atom. The second-order valence-electron chi connectivity index (χ2n) is 4.84. The molecule has 1 unspecified atom stereocenters. The highest BCUT2D eigenvalue weighted by Gasteiger charge is 2.35. The van der Waals surface area contributed by atoms with E-state index < -0.39 is 5.97 Å². The predicted octanol–water partition coefficient (Wildman–Crippen LogP) is 2.99. The molecule has 2 rings (SSSR count). The lowest BCUT2D eigenvalue weighted by Crippen LogP contribution is -2.20. The molecule has 1 N–H and O–H groups in total. The zero-order valence-corrected chi connectivity index (χ0v) is 8.54. The molecule has 78 valence electrons. The first-order valence-electron chi connectivity index (χ1n) is 5.61. The van der Waals surface area contributed by atoms with Gasteiger partial charge in [0.25, 0.3) is 0 Å². The second-order valence-corrected chi connectivity index (χ2v) is 4.84. The number of allylic oxidation sites excluding steroid dienone is 2. The summed E-state index contributed by atoms with van der Waals surface area (Å²) in [6.07, 6.45) is 12.4. The number of carboxylic acid groups (broad SMARTS) is 1. The number of rotatable bonds is 2. The van der Waals surface area contributed by atoms with E-state index in [9.17, 15) is 4.79 Å². The van der Waals surface area contributed by atoms with Gasteiger partial charge in [0, 0.05) is 0 Å². The summed E-state index contributed by atoms with van der Waals surface area (Å²) < 4.78 is 0. The minimum absolute atomic E-state index is 0.297. The minimum Gasteiger partial charge on any atom is -0.481 e. The second kappa shape index (κ2) is 3.76. The maximum atomic E-state index is 10.6. The van der Waals surface area contributed by atoms with Crippen molar-refractivity contribution in [3.63, 3.8) is 0 Å². The Balaban J connectivity index is 1.93. The van der Waals surface area contributed by atoms with Gasteiger partial charge < -0.3 is 5.11 Å². The van der Waals surface area contributed by atoms with Crippen LogP contribution in [0.15, 0.2) is 12.2 Å². The van der Waals surface area contributed by atoms with Gasteiger partial charge in [-0.1, -0.05) is 31.4 Å². The van der Waals surface area contributed by atoms with Crippen molar-refractivity contribution < 1.29 is 9.90 Å². The van der Waals surface area contributed by atoms with E-state index in [1.807, 2.05) is 0 Å². The third-order valence-corrected chi connectivity index (χ3v) is 3.68. The largest absolute Gasteiger partial charge is 0.481 e. The lowest BCUT2D eigenvalue weighted by atomic mass is 9.72. The Hall–Kier alpha value is -0.790. The van der Waals surface area contributed by atoms with Crippen LogP contribution in [0.4, 0.5) is 0 Å². The number of carboxylic acids is 1. The molecule has 0 amide bonds. The van der Waals surface area contributed by atoms with E-state index in [2.05, 4.69) is 12.2 Å². The van der Waals surface area contributed by atoms with Gasteiger partial charge in [0.05, 0.1) is 6.42 Å². The van der Waals surface area contributed by atoms with E-state index in [0.717, 1.165) is 6.42 Å². The highest BCUT2D eigenvalue weighted by atomic mass is 16.4. The zero-order chi connectivity index (χ0) is 10.0. The molecule has 0 heterocycles. The van der Waals surface area contributed by atoms with Crippen molar-refractivity contribution >= 4 is 5.97 Å². The van der Waals surface area contributed by atoms with E-state index in [0.29, 0.717) is 17.8 Å². The summed E-state index contributed by atoms with van der Waals surface area (Å²) in [6, 6.07) is 0. The van der Waals surface area contributed by atoms with Gasteiger partial charge in [0.2, 0.25) is 0 Å². The Morgan fingerprint density at radius 2 is 2.07 bits per heavy atom. The van der Waals surface area contributed by atoms with Crippen molar-refractivity contribution in [2.45, 2.75) is 44.9 Å². The molecule has 0 saturated heterocycles. The molecule has 1 saturated carbocycles. The average Bonchev–Trinajstić information content (AvgIpc) is 2.49. The summed E-state index contributed by atoms with van der Waals surface area (Å²) in [5, 5.41) is 8.73. The van der Waals surface area contributed by atoms with Crippen LogP contribution in [0.1, 0.15) is 44.9 Å². The molecule has 1 atom stereocenters. The Morgan fingerprint density at radius 3 is 2.71 bits per heavy atom. The summed E-state index contributed by atoms with van der Waals surface area (Å²) in [5.41, 5.74) is 0.387. The van der Waals surface area contributed by atoms with E-state index in [1.165, 1.54) is 32.1 Å². The molecule has 0 bridgehead atoms. The van der Waals surface area contributed by atoms with Gasteiger partial charge in [-0.2, -0.15) is 0 Å². The monoisotopic (exact) mass is 194 g/mol. The van der Waals surface area contributed by atoms with Crippen molar-refractivity contribution in [1.29, 1.82) is 0 Å². The van der Waals surface area contributed by atoms with Gasteiger partial charge in [0.15, 0.2) is 0 Å². The number of aliphatic carboxylic acids is 1. The molecule has 0 aliphatic heterocycles. The Bertz CT molecular complexity index is 249. The quantitative estimate of drug-likeness (QED) is 0.686. The average molecular weight is 194 g/mol. The number of hydrogen-bond donors (Lipinski definition) is 1. The van der Waals surface area contributed by atoms with Gasteiger partial charge in [-0.25, -0.2) is 0 Å².